The molecule has 3 rings (SSSR count). The van der Waals surface area contributed by atoms with E-state index in [1.807, 2.05) is 26.0 Å². The van der Waals surface area contributed by atoms with Crippen LogP contribution in [0.3, 0.4) is 0 Å². The number of aryl methyl sites for hydroxylation is 4. The van der Waals surface area contributed by atoms with Crippen LogP contribution in [0.5, 0.6) is 0 Å². The lowest BCUT2D eigenvalue weighted by Gasteiger charge is -2.14. The summed E-state index contributed by atoms with van der Waals surface area (Å²) >= 11 is 7.88. The van der Waals surface area contributed by atoms with Gasteiger partial charge in [0.15, 0.2) is 0 Å². The summed E-state index contributed by atoms with van der Waals surface area (Å²) in [5.41, 5.74) is 4.48. The van der Waals surface area contributed by atoms with E-state index in [2.05, 4.69) is 6.07 Å². The second-order valence-corrected chi connectivity index (χ2v) is 6.89. The van der Waals surface area contributed by atoms with Crippen molar-refractivity contribution < 1.29 is 5.11 Å². The molecule has 0 spiro atoms. The van der Waals surface area contributed by atoms with Gasteiger partial charge in [-0.05, 0) is 67.5 Å². The van der Waals surface area contributed by atoms with Gasteiger partial charge in [0.25, 0.3) is 0 Å². The van der Waals surface area contributed by atoms with Crippen molar-refractivity contribution in [3.63, 3.8) is 0 Å². The zero-order chi connectivity index (χ0) is 13.6. The van der Waals surface area contributed by atoms with Gasteiger partial charge in [0, 0.05) is 14.8 Å². The molecule has 1 heterocycles. The van der Waals surface area contributed by atoms with Gasteiger partial charge in [0.2, 0.25) is 0 Å². The minimum absolute atomic E-state index is 0.522. The lowest BCUT2D eigenvalue weighted by Crippen LogP contribution is -2.01. The molecule has 3 heteroatoms. The van der Waals surface area contributed by atoms with Crippen LogP contribution in [0.25, 0.3) is 0 Å². The fourth-order valence-corrected chi connectivity index (χ4v) is 4.22. The highest BCUT2D eigenvalue weighted by molar-refractivity contribution is 7.12. The Balaban J connectivity index is 1.99. The summed E-state index contributed by atoms with van der Waals surface area (Å²) in [5, 5.41) is 11.4. The van der Waals surface area contributed by atoms with Crippen molar-refractivity contribution in [3.05, 3.63) is 55.2 Å². The van der Waals surface area contributed by atoms with Crippen molar-refractivity contribution in [3.8, 4) is 0 Å². The summed E-state index contributed by atoms with van der Waals surface area (Å²) in [6.45, 7) is 3.98. The molecule has 2 aromatic rings. The molecule has 1 atom stereocenters. The van der Waals surface area contributed by atoms with Gasteiger partial charge in [0.05, 0.1) is 0 Å². The largest absolute Gasteiger partial charge is 0.383 e. The van der Waals surface area contributed by atoms with Crippen molar-refractivity contribution in [2.24, 2.45) is 0 Å². The first-order valence-corrected chi connectivity index (χ1v) is 7.82. The van der Waals surface area contributed by atoms with E-state index in [4.69, 9.17) is 11.6 Å². The Morgan fingerprint density at radius 3 is 2.68 bits per heavy atom. The number of rotatable bonds is 2. The van der Waals surface area contributed by atoms with Crippen LogP contribution in [-0.2, 0) is 12.8 Å². The standard InChI is InChI=1S/C16H17ClOS/c1-9-7-13(17)10(2)6-12(9)16(18)15-8-11-4-3-5-14(11)19-15/h6-8,16,18H,3-5H2,1-2H3. The number of hydrogen-bond donors (Lipinski definition) is 1. The molecule has 1 nitrogen and oxygen atoms in total. The minimum atomic E-state index is -0.522. The van der Waals surface area contributed by atoms with Crippen LogP contribution in [0.2, 0.25) is 5.02 Å². The average molecular weight is 293 g/mol. The number of fused-ring (bicyclic) bond motifs is 1. The Morgan fingerprint density at radius 2 is 1.95 bits per heavy atom. The van der Waals surface area contributed by atoms with Crippen molar-refractivity contribution in [1.82, 2.24) is 0 Å². The van der Waals surface area contributed by atoms with Gasteiger partial charge in [-0.1, -0.05) is 17.7 Å². The monoisotopic (exact) mass is 292 g/mol. The summed E-state index contributed by atoms with van der Waals surface area (Å²) in [4.78, 5) is 2.52. The normalized spacial score (nSPS) is 15.6. The Hall–Kier alpha value is -0.830. The molecule has 1 aliphatic carbocycles. The third-order valence-corrected chi connectivity index (χ3v) is 5.57. The van der Waals surface area contributed by atoms with Gasteiger partial charge in [-0.15, -0.1) is 11.3 Å². The van der Waals surface area contributed by atoms with E-state index < -0.39 is 6.10 Å². The highest BCUT2D eigenvalue weighted by Gasteiger charge is 2.21. The van der Waals surface area contributed by atoms with E-state index in [1.165, 1.54) is 23.3 Å². The second kappa shape index (κ2) is 4.93. The van der Waals surface area contributed by atoms with Crippen molar-refractivity contribution in [2.45, 2.75) is 39.2 Å². The van der Waals surface area contributed by atoms with Gasteiger partial charge in [-0.2, -0.15) is 0 Å². The summed E-state index contributed by atoms with van der Waals surface area (Å²) in [6.07, 6.45) is 3.07. The van der Waals surface area contributed by atoms with E-state index in [0.29, 0.717) is 0 Å². The Labute approximate surface area is 122 Å². The van der Waals surface area contributed by atoms with Crippen LogP contribution in [-0.4, -0.2) is 5.11 Å². The molecule has 0 saturated heterocycles. The van der Waals surface area contributed by atoms with Crippen molar-refractivity contribution >= 4 is 22.9 Å². The first-order valence-electron chi connectivity index (χ1n) is 6.62. The van der Waals surface area contributed by atoms with Crippen LogP contribution < -0.4 is 0 Å². The maximum atomic E-state index is 10.6. The van der Waals surface area contributed by atoms with Crippen LogP contribution in [0.4, 0.5) is 0 Å². The van der Waals surface area contributed by atoms with E-state index in [0.717, 1.165) is 33.0 Å². The van der Waals surface area contributed by atoms with Gasteiger partial charge in [-0.25, -0.2) is 0 Å². The number of halogens is 1. The fraction of sp³-hybridized carbons (Fsp3) is 0.375. The lowest BCUT2D eigenvalue weighted by atomic mass is 9.99. The van der Waals surface area contributed by atoms with E-state index >= 15 is 0 Å². The van der Waals surface area contributed by atoms with E-state index in [-0.39, 0.29) is 0 Å². The fourth-order valence-electron chi connectivity index (χ4n) is 2.74. The molecule has 1 aromatic heterocycles. The van der Waals surface area contributed by atoms with Crippen molar-refractivity contribution in [1.29, 1.82) is 0 Å². The summed E-state index contributed by atoms with van der Waals surface area (Å²) in [7, 11) is 0. The molecule has 1 unspecified atom stereocenters. The molecule has 19 heavy (non-hydrogen) atoms. The van der Waals surface area contributed by atoms with Crippen LogP contribution in [0.1, 0.15) is 44.5 Å². The molecule has 0 radical (unpaired) electrons. The predicted octanol–water partition coefficient (Wildman–Crippen LogP) is 4.59. The molecule has 1 aliphatic rings. The quantitative estimate of drug-likeness (QED) is 0.858. The molecule has 0 saturated carbocycles. The Bertz CT molecular complexity index is 608. The highest BCUT2D eigenvalue weighted by Crippen LogP contribution is 2.37. The number of thiophene rings is 1. The van der Waals surface area contributed by atoms with E-state index in [9.17, 15) is 5.11 Å². The van der Waals surface area contributed by atoms with Crippen LogP contribution >= 0.6 is 22.9 Å². The predicted molar refractivity (Wildman–Crippen MR) is 81.3 cm³/mol. The number of benzene rings is 1. The van der Waals surface area contributed by atoms with E-state index in [1.54, 1.807) is 11.3 Å². The minimum Gasteiger partial charge on any atom is -0.383 e. The third-order valence-electron chi connectivity index (χ3n) is 3.88. The third kappa shape index (κ3) is 2.33. The molecule has 0 amide bonds. The SMILES string of the molecule is Cc1cc(C(O)c2cc3c(s2)CCC3)c(C)cc1Cl. The number of aliphatic hydroxyl groups excluding tert-OH is 1. The van der Waals surface area contributed by atoms with Crippen LogP contribution in [0.15, 0.2) is 18.2 Å². The summed E-state index contributed by atoms with van der Waals surface area (Å²) in [5.74, 6) is 0. The number of aliphatic hydroxyl groups is 1. The molecular formula is C16H17ClOS. The first-order chi connectivity index (χ1) is 9.06. The molecule has 0 aliphatic heterocycles. The first kappa shape index (κ1) is 13.2. The van der Waals surface area contributed by atoms with Gasteiger partial charge in [-0.3, -0.25) is 0 Å². The molecule has 1 N–H and O–H groups in total. The van der Waals surface area contributed by atoms with Gasteiger partial charge >= 0.3 is 0 Å². The molecular weight excluding hydrogens is 276 g/mol. The zero-order valence-corrected chi connectivity index (χ0v) is 12.7. The molecule has 0 fully saturated rings. The molecule has 1 aromatic carbocycles. The molecule has 0 bridgehead atoms. The average Bonchev–Trinajstić information content (AvgIpc) is 2.93. The maximum Gasteiger partial charge on any atom is 0.113 e. The summed E-state index contributed by atoms with van der Waals surface area (Å²) < 4.78 is 0. The molecule has 100 valence electrons. The summed E-state index contributed by atoms with van der Waals surface area (Å²) in [6, 6.07) is 6.13. The Morgan fingerprint density at radius 1 is 1.16 bits per heavy atom. The lowest BCUT2D eigenvalue weighted by molar-refractivity contribution is 0.223. The second-order valence-electron chi connectivity index (χ2n) is 5.31. The highest BCUT2D eigenvalue weighted by atomic mass is 35.5. The van der Waals surface area contributed by atoms with Gasteiger partial charge < -0.3 is 5.11 Å². The maximum absolute atomic E-state index is 10.6. The van der Waals surface area contributed by atoms with Crippen molar-refractivity contribution in [2.75, 3.05) is 0 Å². The zero-order valence-electron chi connectivity index (χ0n) is 11.2. The number of hydrogen-bond acceptors (Lipinski definition) is 2. The van der Waals surface area contributed by atoms with Crippen LogP contribution in [0, 0.1) is 13.8 Å². The Kier molecular flexibility index (Phi) is 3.42. The van der Waals surface area contributed by atoms with Gasteiger partial charge in [0.1, 0.15) is 6.10 Å². The smallest absolute Gasteiger partial charge is 0.113 e. The topological polar surface area (TPSA) is 20.2 Å².